The first-order valence-electron chi connectivity index (χ1n) is 8.39. The largest absolute Gasteiger partial charge is 0.495 e. The van der Waals surface area contributed by atoms with E-state index in [1.807, 2.05) is 0 Å². The molecule has 3 aromatic rings. The molecule has 7 nitrogen and oxygen atoms in total. The highest BCUT2D eigenvalue weighted by Crippen LogP contribution is 2.40. The molecule has 3 N–H and O–H groups in total. The van der Waals surface area contributed by atoms with Crippen LogP contribution in [0.5, 0.6) is 17.2 Å². The molecule has 0 atom stereocenters. The summed E-state index contributed by atoms with van der Waals surface area (Å²) in [6.45, 7) is 0.0259. The van der Waals surface area contributed by atoms with Crippen LogP contribution in [0.1, 0.15) is 5.56 Å². The maximum absolute atomic E-state index is 13.3. The number of aromatic nitrogens is 2. The molecule has 0 radical (unpaired) electrons. The van der Waals surface area contributed by atoms with Crippen LogP contribution in [0.25, 0.3) is 0 Å². The molecule has 158 valence electrons. The first-order valence-corrected chi connectivity index (χ1v) is 9.52. The number of rotatable bonds is 7. The van der Waals surface area contributed by atoms with Crippen molar-refractivity contribution in [3.8, 4) is 17.2 Å². The van der Waals surface area contributed by atoms with E-state index in [1.165, 1.54) is 26.6 Å². The molecular formula is C19H16Cl3FN4O3. The third-order valence-electron chi connectivity index (χ3n) is 4.00. The van der Waals surface area contributed by atoms with Crippen molar-refractivity contribution in [2.75, 3.05) is 25.3 Å². The minimum absolute atomic E-state index is 0.0259. The van der Waals surface area contributed by atoms with Crippen molar-refractivity contribution in [2.24, 2.45) is 0 Å². The third kappa shape index (κ3) is 4.72. The van der Waals surface area contributed by atoms with Crippen molar-refractivity contribution in [3.05, 3.63) is 57.0 Å². The van der Waals surface area contributed by atoms with Gasteiger partial charge in [-0.05, 0) is 12.1 Å². The average Bonchev–Trinajstić information content (AvgIpc) is 2.72. The molecule has 1 aromatic heterocycles. The SMILES string of the molecule is COc1cc(OC)c(Cl)c(COc2cnc(Nc3c(N)cc(F)cc3Cl)nc2)c1Cl. The van der Waals surface area contributed by atoms with Crippen molar-refractivity contribution in [2.45, 2.75) is 6.61 Å². The Labute approximate surface area is 186 Å². The highest BCUT2D eigenvalue weighted by atomic mass is 35.5. The highest BCUT2D eigenvalue weighted by molar-refractivity contribution is 6.37. The molecule has 0 amide bonds. The molecule has 2 aromatic carbocycles. The van der Waals surface area contributed by atoms with Crippen LogP contribution in [0.4, 0.5) is 21.7 Å². The van der Waals surface area contributed by atoms with Crippen molar-refractivity contribution < 1.29 is 18.6 Å². The Balaban J connectivity index is 1.75. The third-order valence-corrected chi connectivity index (χ3v) is 5.13. The number of nitrogens with two attached hydrogens (primary N) is 1. The van der Waals surface area contributed by atoms with Crippen molar-refractivity contribution in [1.29, 1.82) is 0 Å². The fraction of sp³-hybridized carbons (Fsp3) is 0.158. The molecule has 0 aliphatic heterocycles. The van der Waals surface area contributed by atoms with Crippen LogP contribution in [0.2, 0.25) is 15.1 Å². The molecule has 0 unspecified atom stereocenters. The van der Waals surface area contributed by atoms with Crippen LogP contribution in [0, 0.1) is 5.82 Å². The molecule has 0 aliphatic rings. The van der Waals surface area contributed by atoms with E-state index in [9.17, 15) is 4.39 Å². The lowest BCUT2D eigenvalue weighted by Gasteiger charge is -2.15. The summed E-state index contributed by atoms with van der Waals surface area (Å²) in [5.41, 5.74) is 6.69. The topological polar surface area (TPSA) is 91.5 Å². The first-order chi connectivity index (χ1) is 14.3. The van der Waals surface area contributed by atoms with Gasteiger partial charge in [0.2, 0.25) is 5.95 Å². The number of methoxy groups -OCH3 is 2. The molecular weight excluding hydrogens is 458 g/mol. The Morgan fingerprint density at radius 2 is 1.60 bits per heavy atom. The van der Waals surface area contributed by atoms with E-state index in [0.29, 0.717) is 38.5 Å². The van der Waals surface area contributed by atoms with E-state index in [4.69, 9.17) is 54.7 Å². The summed E-state index contributed by atoms with van der Waals surface area (Å²) in [7, 11) is 2.97. The van der Waals surface area contributed by atoms with Crippen LogP contribution in [0.15, 0.2) is 30.6 Å². The Hall–Kier alpha value is -2.68. The van der Waals surface area contributed by atoms with Crippen LogP contribution in [-0.2, 0) is 6.61 Å². The van der Waals surface area contributed by atoms with Gasteiger partial charge >= 0.3 is 0 Å². The predicted octanol–water partition coefficient (Wildman–Crippen LogP) is 5.50. The predicted molar refractivity (Wildman–Crippen MR) is 115 cm³/mol. The molecule has 30 heavy (non-hydrogen) atoms. The van der Waals surface area contributed by atoms with E-state index >= 15 is 0 Å². The minimum atomic E-state index is -0.542. The van der Waals surface area contributed by atoms with Crippen LogP contribution < -0.4 is 25.3 Å². The van der Waals surface area contributed by atoms with Gasteiger partial charge in [0.1, 0.15) is 23.9 Å². The number of nitrogens with zero attached hydrogens (tertiary/aromatic N) is 2. The number of hydrogen-bond acceptors (Lipinski definition) is 7. The molecule has 0 bridgehead atoms. The molecule has 3 rings (SSSR count). The summed E-state index contributed by atoms with van der Waals surface area (Å²) in [6.07, 6.45) is 2.87. The summed E-state index contributed by atoms with van der Waals surface area (Å²) in [4.78, 5) is 8.27. The summed E-state index contributed by atoms with van der Waals surface area (Å²) in [6, 6.07) is 3.86. The smallest absolute Gasteiger partial charge is 0.227 e. The van der Waals surface area contributed by atoms with E-state index in [0.717, 1.165) is 12.1 Å². The van der Waals surface area contributed by atoms with E-state index in [2.05, 4.69) is 15.3 Å². The second-order valence-electron chi connectivity index (χ2n) is 5.90. The standard InChI is InChI=1S/C19H16Cl3FN4O3/c1-28-14-5-15(29-2)17(22)11(16(14)21)8-30-10-6-25-19(26-7-10)27-18-12(20)3-9(23)4-13(18)24/h3-7H,8,24H2,1-2H3,(H,25,26,27). The van der Waals surface area contributed by atoms with Gasteiger partial charge in [0.05, 0.1) is 53.1 Å². The van der Waals surface area contributed by atoms with Gasteiger partial charge in [-0.3, -0.25) is 0 Å². The van der Waals surface area contributed by atoms with E-state index < -0.39 is 5.82 Å². The number of anilines is 3. The van der Waals surface area contributed by atoms with Gasteiger partial charge in [-0.1, -0.05) is 34.8 Å². The molecule has 0 fully saturated rings. The number of ether oxygens (including phenoxy) is 3. The molecule has 1 heterocycles. The summed E-state index contributed by atoms with van der Waals surface area (Å²) in [5.74, 6) is 0.815. The molecule has 0 saturated carbocycles. The lowest BCUT2D eigenvalue weighted by atomic mass is 10.2. The number of hydrogen-bond donors (Lipinski definition) is 2. The van der Waals surface area contributed by atoms with Gasteiger partial charge in [-0.25, -0.2) is 14.4 Å². The van der Waals surface area contributed by atoms with Gasteiger partial charge in [0.25, 0.3) is 0 Å². The monoisotopic (exact) mass is 472 g/mol. The zero-order valence-corrected chi connectivity index (χ0v) is 18.1. The van der Waals surface area contributed by atoms with Crippen molar-refractivity contribution in [1.82, 2.24) is 9.97 Å². The number of halogens is 4. The van der Waals surface area contributed by atoms with E-state index in [-0.39, 0.29) is 23.3 Å². The number of nitrogens with one attached hydrogen (secondary N) is 1. The van der Waals surface area contributed by atoms with Gasteiger partial charge in [-0.15, -0.1) is 0 Å². The Bertz CT molecular complexity index is 1020. The molecule has 0 saturated heterocycles. The van der Waals surface area contributed by atoms with Crippen LogP contribution in [0.3, 0.4) is 0 Å². The minimum Gasteiger partial charge on any atom is -0.495 e. The Morgan fingerprint density at radius 1 is 1.00 bits per heavy atom. The molecule has 0 aliphatic carbocycles. The van der Waals surface area contributed by atoms with Crippen molar-refractivity contribution in [3.63, 3.8) is 0 Å². The van der Waals surface area contributed by atoms with Crippen molar-refractivity contribution >= 4 is 52.1 Å². The maximum atomic E-state index is 13.3. The normalized spacial score (nSPS) is 10.6. The van der Waals surface area contributed by atoms with Crippen LogP contribution >= 0.6 is 34.8 Å². The molecule has 11 heteroatoms. The second kappa shape index (κ2) is 9.42. The van der Waals surface area contributed by atoms with Gasteiger partial charge in [0.15, 0.2) is 5.75 Å². The van der Waals surface area contributed by atoms with Crippen LogP contribution in [-0.4, -0.2) is 24.2 Å². The zero-order chi connectivity index (χ0) is 21.8. The summed E-state index contributed by atoms with van der Waals surface area (Å²) in [5, 5.41) is 3.56. The Kier molecular flexibility index (Phi) is 6.91. The summed E-state index contributed by atoms with van der Waals surface area (Å²) >= 11 is 18.7. The number of benzene rings is 2. The maximum Gasteiger partial charge on any atom is 0.227 e. The van der Waals surface area contributed by atoms with Gasteiger partial charge in [-0.2, -0.15) is 0 Å². The lowest BCUT2D eigenvalue weighted by Crippen LogP contribution is -2.04. The van der Waals surface area contributed by atoms with Gasteiger partial charge < -0.3 is 25.3 Å². The highest BCUT2D eigenvalue weighted by Gasteiger charge is 2.18. The van der Waals surface area contributed by atoms with E-state index in [1.54, 1.807) is 6.07 Å². The lowest BCUT2D eigenvalue weighted by molar-refractivity contribution is 0.301. The average molecular weight is 474 g/mol. The quantitative estimate of drug-likeness (QED) is 0.438. The molecule has 0 spiro atoms. The Morgan fingerprint density at radius 3 is 2.13 bits per heavy atom. The first kappa shape index (κ1) is 22.0. The van der Waals surface area contributed by atoms with Gasteiger partial charge in [0, 0.05) is 11.6 Å². The number of nitrogen functional groups attached to an aromatic ring is 1. The fourth-order valence-electron chi connectivity index (χ4n) is 2.51. The summed E-state index contributed by atoms with van der Waals surface area (Å²) < 4.78 is 29.5. The zero-order valence-electron chi connectivity index (χ0n) is 15.8. The fourth-order valence-corrected chi connectivity index (χ4v) is 3.38. The second-order valence-corrected chi connectivity index (χ2v) is 7.06.